The molecule has 1 heterocycles. The molecule has 4 nitrogen and oxygen atoms in total. The SMILES string of the molecule is CO[Si](CCC(S)CCc1ccncc1)(OC)OC. The molecule has 0 aliphatic rings. The Bertz CT molecular complexity index is 341. The number of thiol groups is 1. The summed E-state index contributed by atoms with van der Waals surface area (Å²) >= 11 is 4.63. The zero-order chi connectivity index (χ0) is 14.1. The maximum atomic E-state index is 5.40. The second-order valence-corrected chi connectivity index (χ2v) is 8.20. The average molecular weight is 301 g/mol. The number of hydrogen-bond donors (Lipinski definition) is 1. The molecule has 0 saturated heterocycles. The zero-order valence-corrected chi connectivity index (χ0v) is 13.7. The monoisotopic (exact) mass is 301 g/mol. The molecule has 1 aromatic rings. The Morgan fingerprint density at radius 2 is 1.68 bits per heavy atom. The van der Waals surface area contributed by atoms with Gasteiger partial charge in [-0.05, 0) is 37.0 Å². The van der Waals surface area contributed by atoms with Crippen LogP contribution in [0.15, 0.2) is 24.5 Å². The van der Waals surface area contributed by atoms with Crippen molar-refractivity contribution in [3.05, 3.63) is 30.1 Å². The number of aryl methyl sites for hydroxylation is 1. The van der Waals surface area contributed by atoms with Crippen LogP contribution in [0.3, 0.4) is 0 Å². The van der Waals surface area contributed by atoms with Gasteiger partial charge in [-0.15, -0.1) is 0 Å². The van der Waals surface area contributed by atoms with Crippen molar-refractivity contribution in [1.29, 1.82) is 0 Å². The molecular weight excluding hydrogens is 278 g/mol. The average Bonchev–Trinajstić information content (AvgIpc) is 2.48. The summed E-state index contributed by atoms with van der Waals surface area (Å²) in [5, 5.41) is 0.320. The Balaban J connectivity index is 2.33. The fourth-order valence-corrected chi connectivity index (χ4v) is 4.24. The second kappa shape index (κ2) is 8.71. The summed E-state index contributed by atoms with van der Waals surface area (Å²) in [4.78, 5) is 4.01. The van der Waals surface area contributed by atoms with Gasteiger partial charge in [0, 0.05) is 45.0 Å². The quantitative estimate of drug-likeness (QED) is 0.562. The number of hydrogen-bond acceptors (Lipinski definition) is 5. The highest BCUT2D eigenvalue weighted by molar-refractivity contribution is 7.80. The molecule has 1 rings (SSSR count). The van der Waals surface area contributed by atoms with E-state index in [-0.39, 0.29) is 0 Å². The van der Waals surface area contributed by atoms with E-state index < -0.39 is 8.80 Å². The molecule has 0 aromatic carbocycles. The number of aromatic nitrogens is 1. The first-order valence-corrected chi connectivity index (χ1v) is 8.83. The highest BCUT2D eigenvalue weighted by Crippen LogP contribution is 2.21. The van der Waals surface area contributed by atoms with E-state index in [2.05, 4.69) is 17.6 Å². The zero-order valence-electron chi connectivity index (χ0n) is 11.8. The van der Waals surface area contributed by atoms with Crippen molar-refractivity contribution in [3.63, 3.8) is 0 Å². The molecule has 19 heavy (non-hydrogen) atoms. The second-order valence-electron chi connectivity index (χ2n) is 4.38. The van der Waals surface area contributed by atoms with Gasteiger partial charge in [0.2, 0.25) is 0 Å². The fourth-order valence-electron chi connectivity index (χ4n) is 1.93. The molecular formula is C13H23NO3SSi. The number of nitrogens with zero attached hydrogens (tertiary/aromatic N) is 1. The van der Waals surface area contributed by atoms with Crippen LogP contribution in [0, 0.1) is 0 Å². The molecule has 6 heteroatoms. The molecule has 0 aliphatic carbocycles. The summed E-state index contributed by atoms with van der Waals surface area (Å²) in [7, 11) is 2.48. The van der Waals surface area contributed by atoms with Gasteiger partial charge in [-0.25, -0.2) is 0 Å². The van der Waals surface area contributed by atoms with Crippen LogP contribution in [0.2, 0.25) is 6.04 Å². The minimum absolute atomic E-state index is 0.320. The van der Waals surface area contributed by atoms with Crippen LogP contribution in [-0.2, 0) is 19.7 Å². The molecule has 1 unspecified atom stereocenters. The number of rotatable bonds is 9. The van der Waals surface area contributed by atoms with Crippen LogP contribution < -0.4 is 0 Å². The lowest BCUT2D eigenvalue weighted by atomic mass is 10.1. The largest absolute Gasteiger partial charge is 0.500 e. The third kappa shape index (κ3) is 5.62. The summed E-state index contributed by atoms with van der Waals surface area (Å²) in [6, 6.07) is 4.87. The normalized spacial score (nSPS) is 13.5. The van der Waals surface area contributed by atoms with Crippen molar-refractivity contribution in [1.82, 2.24) is 4.98 Å². The Morgan fingerprint density at radius 3 is 2.21 bits per heavy atom. The Hall–Kier alpha value is -0.403. The van der Waals surface area contributed by atoms with Gasteiger partial charge < -0.3 is 13.3 Å². The van der Waals surface area contributed by atoms with Gasteiger partial charge in [0.05, 0.1) is 0 Å². The fraction of sp³-hybridized carbons (Fsp3) is 0.615. The van der Waals surface area contributed by atoms with Gasteiger partial charge in [0.15, 0.2) is 0 Å². The summed E-state index contributed by atoms with van der Waals surface area (Å²) in [5.74, 6) is 0. The molecule has 0 bridgehead atoms. The molecule has 0 saturated carbocycles. The standard InChI is InChI=1S/C13H23NO3SSi/c1-15-19(16-2,17-3)11-8-13(18)5-4-12-6-9-14-10-7-12/h6-7,9-10,13,18H,4-5,8,11H2,1-3H3. The lowest BCUT2D eigenvalue weighted by molar-refractivity contribution is 0.123. The molecule has 0 aliphatic heterocycles. The van der Waals surface area contributed by atoms with Crippen molar-refractivity contribution in [3.8, 4) is 0 Å². The van der Waals surface area contributed by atoms with Gasteiger partial charge in [-0.3, -0.25) is 4.98 Å². The van der Waals surface area contributed by atoms with Gasteiger partial charge in [-0.1, -0.05) is 0 Å². The number of pyridine rings is 1. The molecule has 1 atom stereocenters. The minimum Gasteiger partial charge on any atom is -0.377 e. The maximum absolute atomic E-state index is 5.40. The first-order valence-electron chi connectivity index (χ1n) is 6.38. The maximum Gasteiger partial charge on any atom is 0.500 e. The van der Waals surface area contributed by atoms with E-state index in [0.29, 0.717) is 5.25 Å². The van der Waals surface area contributed by atoms with Gasteiger partial charge in [0.1, 0.15) is 0 Å². The predicted molar refractivity (Wildman–Crippen MR) is 81.5 cm³/mol. The van der Waals surface area contributed by atoms with E-state index in [1.807, 2.05) is 24.5 Å². The van der Waals surface area contributed by atoms with Gasteiger partial charge in [-0.2, -0.15) is 12.6 Å². The van der Waals surface area contributed by atoms with E-state index in [4.69, 9.17) is 13.3 Å². The smallest absolute Gasteiger partial charge is 0.377 e. The lowest BCUT2D eigenvalue weighted by Crippen LogP contribution is -2.43. The summed E-state index contributed by atoms with van der Waals surface area (Å²) in [5.41, 5.74) is 1.29. The van der Waals surface area contributed by atoms with Crippen LogP contribution in [0.1, 0.15) is 18.4 Å². The molecule has 108 valence electrons. The van der Waals surface area contributed by atoms with Crippen molar-refractivity contribution in [2.75, 3.05) is 21.3 Å². The first-order chi connectivity index (χ1) is 9.15. The minimum atomic E-state index is -2.45. The summed E-state index contributed by atoms with van der Waals surface area (Å²) in [6.07, 6.45) is 6.60. The highest BCUT2D eigenvalue weighted by atomic mass is 32.1. The van der Waals surface area contributed by atoms with Gasteiger partial charge in [0.25, 0.3) is 0 Å². The van der Waals surface area contributed by atoms with Crippen LogP contribution in [0.5, 0.6) is 0 Å². The third-order valence-electron chi connectivity index (χ3n) is 3.23. The molecule has 0 radical (unpaired) electrons. The van der Waals surface area contributed by atoms with Crippen molar-refractivity contribution in [2.45, 2.75) is 30.6 Å². The van der Waals surface area contributed by atoms with Crippen LogP contribution >= 0.6 is 12.6 Å². The Kier molecular flexibility index (Phi) is 7.63. The van der Waals surface area contributed by atoms with Crippen LogP contribution in [0.4, 0.5) is 0 Å². The molecule has 0 spiro atoms. The highest BCUT2D eigenvalue weighted by Gasteiger charge is 2.37. The summed E-state index contributed by atoms with van der Waals surface area (Å²) < 4.78 is 16.2. The van der Waals surface area contributed by atoms with Crippen molar-refractivity contribution >= 4 is 21.4 Å². The molecule has 0 N–H and O–H groups in total. The predicted octanol–water partition coefficient (Wildman–Crippen LogP) is 2.58. The van der Waals surface area contributed by atoms with E-state index in [9.17, 15) is 0 Å². The molecule has 1 aromatic heterocycles. The van der Waals surface area contributed by atoms with Crippen molar-refractivity contribution in [2.24, 2.45) is 0 Å². The lowest BCUT2D eigenvalue weighted by Gasteiger charge is -2.25. The molecule has 0 fully saturated rings. The van der Waals surface area contributed by atoms with Crippen LogP contribution in [-0.4, -0.2) is 40.4 Å². The van der Waals surface area contributed by atoms with Gasteiger partial charge >= 0.3 is 8.80 Å². The van der Waals surface area contributed by atoms with E-state index in [1.54, 1.807) is 21.3 Å². The van der Waals surface area contributed by atoms with Crippen LogP contribution in [0.25, 0.3) is 0 Å². The van der Waals surface area contributed by atoms with E-state index in [0.717, 1.165) is 25.3 Å². The Morgan fingerprint density at radius 1 is 1.11 bits per heavy atom. The first kappa shape index (κ1) is 16.7. The summed E-state index contributed by atoms with van der Waals surface area (Å²) in [6.45, 7) is 0. The molecule has 0 amide bonds. The third-order valence-corrected chi connectivity index (χ3v) is 6.52. The topological polar surface area (TPSA) is 40.6 Å². The van der Waals surface area contributed by atoms with Crippen molar-refractivity contribution < 1.29 is 13.3 Å². The van der Waals surface area contributed by atoms with E-state index in [1.165, 1.54) is 5.56 Å². The Labute approximate surface area is 122 Å². The van der Waals surface area contributed by atoms with E-state index >= 15 is 0 Å².